The van der Waals surface area contributed by atoms with Gasteiger partial charge < -0.3 is 24.8 Å². The lowest BCUT2D eigenvalue weighted by molar-refractivity contribution is -0.145. The van der Waals surface area contributed by atoms with Crippen molar-refractivity contribution >= 4 is 18.2 Å². The Bertz CT molecular complexity index is 1080. The summed E-state index contributed by atoms with van der Waals surface area (Å²) in [6.07, 6.45) is -0.605. The Labute approximate surface area is 205 Å². The molecule has 0 saturated carbocycles. The molecule has 2 aliphatic rings. The van der Waals surface area contributed by atoms with Gasteiger partial charge in [-0.1, -0.05) is 48.5 Å². The number of hydrogen-bond donors (Lipinski definition) is 2. The summed E-state index contributed by atoms with van der Waals surface area (Å²) in [6.45, 7) is 5.95. The van der Waals surface area contributed by atoms with Crippen molar-refractivity contribution in [3.05, 3.63) is 59.7 Å². The van der Waals surface area contributed by atoms with E-state index < -0.39 is 29.3 Å². The molecule has 1 atom stereocenters. The molecule has 1 aliphatic carbocycles. The van der Waals surface area contributed by atoms with Crippen LogP contribution >= 0.6 is 0 Å². The van der Waals surface area contributed by atoms with E-state index in [1.807, 2.05) is 36.4 Å². The number of amides is 2. The van der Waals surface area contributed by atoms with Gasteiger partial charge in [-0.15, -0.1) is 0 Å². The van der Waals surface area contributed by atoms with Crippen molar-refractivity contribution in [1.29, 1.82) is 0 Å². The molecule has 2 N–H and O–H groups in total. The Morgan fingerprint density at radius 2 is 1.60 bits per heavy atom. The van der Waals surface area contributed by atoms with Crippen molar-refractivity contribution in [2.45, 2.75) is 57.1 Å². The van der Waals surface area contributed by atoms with E-state index in [4.69, 9.17) is 9.47 Å². The SMILES string of the molecule is CC(C)(C)OC(=O)N1CCCC(NC(=O)OCC2c3ccccc3-c3ccccc32)(C(=O)O)CC1. The van der Waals surface area contributed by atoms with Crippen LogP contribution < -0.4 is 5.32 Å². The Balaban J connectivity index is 1.42. The summed E-state index contributed by atoms with van der Waals surface area (Å²) in [5, 5.41) is 12.6. The average molecular weight is 481 g/mol. The zero-order chi connectivity index (χ0) is 25.2. The Hall–Kier alpha value is -3.55. The zero-order valence-corrected chi connectivity index (χ0v) is 20.4. The van der Waals surface area contributed by atoms with Crippen LogP contribution in [-0.2, 0) is 14.3 Å². The summed E-state index contributed by atoms with van der Waals surface area (Å²) in [5.41, 5.74) is 2.23. The lowest BCUT2D eigenvalue weighted by Crippen LogP contribution is -2.55. The minimum atomic E-state index is -1.51. The quantitative estimate of drug-likeness (QED) is 0.653. The minimum absolute atomic E-state index is 0.0613. The fourth-order valence-electron chi connectivity index (χ4n) is 4.87. The summed E-state index contributed by atoms with van der Waals surface area (Å²) in [7, 11) is 0. The molecule has 0 spiro atoms. The Morgan fingerprint density at radius 1 is 1.00 bits per heavy atom. The number of aliphatic carboxylic acids is 1. The van der Waals surface area contributed by atoms with E-state index in [0.29, 0.717) is 13.0 Å². The topological polar surface area (TPSA) is 105 Å². The van der Waals surface area contributed by atoms with Gasteiger partial charge in [0.1, 0.15) is 17.7 Å². The highest BCUT2D eigenvalue weighted by atomic mass is 16.6. The number of nitrogens with one attached hydrogen (secondary N) is 1. The van der Waals surface area contributed by atoms with Gasteiger partial charge in [0.25, 0.3) is 0 Å². The number of nitrogens with zero attached hydrogens (tertiary/aromatic N) is 1. The molecule has 0 radical (unpaired) electrons. The van der Waals surface area contributed by atoms with E-state index in [-0.39, 0.29) is 31.9 Å². The predicted octanol–water partition coefficient (Wildman–Crippen LogP) is 4.77. The number of likely N-dealkylation sites (tertiary alicyclic amines) is 1. The minimum Gasteiger partial charge on any atom is -0.480 e. The number of carboxylic acid groups (broad SMARTS) is 1. The molecule has 35 heavy (non-hydrogen) atoms. The second kappa shape index (κ2) is 9.60. The van der Waals surface area contributed by atoms with Crippen molar-refractivity contribution in [1.82, 2.24) is 10.2 Å². The highest BCUT2D eigenvalue weighted by Crippen LogP contribution is 2.44. The number of carboxylic acids is 1. The highest BCUT2D eigenvalue weighted by Gasteiger charge is 2.43. The number of carbonyl (C=O) groups is 3. The number of alkyl carbamates (subject to hydrolysis) is 1. The van der Waals surface area contributed by atoms with Crippen LogP contribution in [0, 0.1) is 0 Å². The monoisotopic (exact) mass is 480 g/mol. The molecule has 8 heteroatoms. The third kappa shape index (κ3) is 5.26. The molecule has 2 aromatic rings. The van der Waals surface area contributed by atoms with Crippen molar-refractivity contribution in [3.8, 4) is 11.1 Å². The molecule has 0 aromatic heterocycles. The predicted molar refractivity (Wildman–Crippen MR) is 130 cm³/mol. The first-order valence-electron chi connectivity index (χ1n) is 11.9. The van der Waals surface area contributed by atoms with Crippen molar-refractivity contribution in [2.24, 2.45) is 0 Å². The standard InChI is InChI=1S/C27H32N2O6/c1-26(2,3)35-25(33)29-15-8-13-27(14-16-29,23(30)31)28-24(32)34-17-22-20-11-6-4-9-18(20)19-10-5-7-12-21(19)22/h4-7,9-12,22H,8,13-17H2,1-3H3,(H,28,32)(H,30,31). The second-order valence-corrected chi connectivity index (χ2v) is 10.2. The van der Waals surface area contributed by atoms with Gasteiger partial charge in [0.2, 0.25) is 0 Å². The second-order valence-electron chi connectivity index (χ2n) is 10.2. The number of hydrogen-bond acceptors (Lipinski definition) is 5. The van der Waals surface area contributed by atoms with Crippen LogP contribution in [0.5, 0.6) is 0 Å². The van der Waals surface area contributed by atoms with Gasteiger partial charge in [0.15, 0.2) is 0 Å². The molecule has 1 aliphatic heterocycles. The fourth-order valence-corrected chi connectivity index (χ4v) is 4.87. The molecule has 0 bridgehead atoms. The molecule has 4 rings (SSSR count). The first kappa shape index (κ1) is 24.6. The highest BCUT2D eigenvalue weighted by molar-refractivity contribution is 5.85. The van der Waals surface area contributed by atoms with Crippen molar-refractivity contribution < 1.29 is 29.0 Å². The zero-order valence-electron chi connectivity index (χ0n) is 20.4. The van der Waals surface area contributed by atoms with E-state index in [1.54, 1.807) is 20.8 Å². The van der Waals surface area contributed by atoms with E-state index in [1.165, 1.54) is 4.90 Å². The number of rotatable bonds is 4. The van der Waals surface area contributed by atoms with E-state index in [2.05, 4.69) is 17.4 Å². The Morgan fingerprint density at radius 3 is 2.17 bits per heavy atom. The normalized spacial score (nSPS) is 19.8. The molecule has 1 fully saturated rings. The lowest BCUT2D eigenvalue weighted by Gasteiger charge is -2.29. The average Bonchev–Trinajstić information content (AvgIpc) is 2.94. The van der Waals surface area contributed by atoms with Crippen LogP contribution in [0.1, 0.15) is 57.1 Å². The van der Waals surface area contributed by atoms with E-state index in [9.17, 15) is 19.5 Å². The molecule has 2 amide bonds. The maximum atomic E-state index is 12.8. The van der Waals surface area contributed by atoms with Crippen molar-refractivity contribution in [3.63, 3.8) is 0 Å². The third-order valence-corrected chi connectivity index (χ3v) is 6.59. The molecular weight excluding hydrogens is 448 g/mol. The van der Waals surface area contributed by atoms with Gasteiger partial charge in [0.05, 0.1) is 0 Å². The summed E-state index contributed by atoms with van der Waals surface area (Å²) < 4.78 is 11.0. The lowest BCUT2D eigenvalue weighted by atomic mass is 9.91. The summed E-state index contributed by atoms with van der Waals surface area (Å²) in [5.74, 6) is -1.26. The number of benzene rings is 2. The van der Waals surface area contributed by atoms with Crippen LogP contribution in [0.4, 0.5) is 9.59 Å². The largest absolute Gasteiger partial charge is 0.480 e. The number of fused-ring (bicyclic) bond motifs is 3. The number of ether oxygens (including phenoxy) is 2. The van der Waals surface area contributed by atoms with Crippen LogP contribution in [0.2, 0.25) is 0 Å². The van der Waals surface area contributed by atoms with Crippen LogP contribution in [0.25, 0.3) is 11.1 Å². The Kier molecular flexibility index (Phi) is 6.74. The molecule has 1 heterocycles. The van der Waals surface area contributed by atoms with Crippen molar-refractivity contribution in [2.75, 3.05) is 19.7 Å². The molecule has 8 nitrogen and oxygen atoms in total. The smallest absolute Gasteiger partial charge is 0.410 e. The first-order valence-corrected chi connectivity index (χ1v) is 11.9. The molecule has 1 unspecified atom stereocenters. The maximum absolute atomic E-state index is 12.8. The molecular formula is C27H32N2O6. The van der Waals surface area contributed by atoms with Gasteiger partial charge in [0, 0.05) is 19.0 Å². The van der Waals surface area contributed by atoms with Gasteiger partial charge in [-0.25, -0.2) is 14.4 Å². The molecule has 1 saturated heterocycles. The van der Waals surface area contributed by atoms with Gasteiger partial charge >= 0.3 is 18.2 Å². The fraction of sp³-hybridized carbons (Fsp3) is 0.444. The van der Waals surface area contributed by atoms with Gasteiger partial charge in [-0.2, -0.15) is 0 Å². The van der Waals surface area contributed by atoms with Crippen LogP contribution in [-0.4, -0.2) is 59.0 Å². The summed E-state index contributed by atoms with van der Waals surface area (Å²) in [4.78, 5) is 39.0. The van der Waals surface area contributed by atoms with Gasteiger partial charge in [-0.3, -0.25) is 0 Å². The van der Waals surface area contributed by atoms with Gasteiger partial charge in [-0.05, 0) is 62.3 Å². The van der Waals surface area contributed by atoms with E-state index >= 15 is 0 Å². The maximum Gasteiger partial charge on any atom is 0.410 e. The molecule has 186 valence electrons. The summed E-state index contributed by atoms with van der Waals surface area (Å²) >= 11 is 0. The van der Waals surface area contributed by atoms with E-state index in [0.717, 1.165) is 22.3 Å². The first-order chi connectivity index (χ1) is 16.6. The van der Waals surface area contributed by atoms with Crippen LogP contribution in [0.15, 0.2) is 48.5 Å². The third-order valence-electron chi connectivity index (χ3n) is 6.59. The molecule has 2 aromatic carbocycles. The number of carbonyl (C=O) groups excluding carboxylic acids is 2. The summed E-state index contributed by atoms with van der Waals surface area (Å²) in [6, 6.07) is 16.0. The van der Waals surface area contributed by atoms with Crippen LogP contribution in [0.3, 0.4) is 0 Å².